The molecule has 0 saturated carbocycles. The Hall–Kier alpha value is -7.04. The Balaban J connectivity index is 0.966. The lowest BCUT2D eigenvalue weighted by Crippen LogP contribution is -2.00. The highest BCUT2D eigenvalue weighted by atomic mass is 15.0. The van der Waals surface area contributed by atoms with Crippen LogP contribution in [0, 0.1) is 0 Å². The summed E-state index contributed by atoms with van der Waals surface area (Å²) >= 11 is 0. The van der Waals surface area contributed by atoms with Crippen LogP contribution in [0.3, 0.4) is 0 Å². The molecule has 1 aliphatic rings. The molecule has 4 heteroatoms. The maximum atomic E-state index is 4.97. The second-order valence-electron chi connectivity index (χ2n) is 13.1. The van der Waals surface area contributed by atoms with E-state index in [1.54, 1.807) is 6.20 Å². The van der Waals surface area contributed by atoms with Crippen LogP contribution in [-0.4, -0.2) is 19.9 Å². The van der Waals surface area contributed by atoms with Crippen LogP contribution in [0.4, 0.5) is 0 Å². The third-order valence-electron chi connectivity index (χ3n) is 10.0. The highest BCUT2D eigenvalue weighted by Gasteiger charge is 2.22. The van der Waals surface area contributed by atoms with Gasteiger partial charge in [0.2, 0.25) is 0 Å². The molecule has 0 amide bonds. The molecule has 52 heavy (non-hydrogen) atoms. The number of hydrogen-bond acceptors (Lipinski definition) is 4. The molecular formula is C48H30N4. The minimum absolute atomic E-state index is 0.633. The number of pyridine rings is 1. The average Bonchev–Trinajstić information content (AvgIpc) is 3.56. The molecule has 7 aromatic carbocycles. The maximum absolute atomic E-state index is 4.97. The fourth-order valence-corrected chi connectivity index (χ4v) is 7.41. The Kier molecular flexibility index (Phi) is 7.10. The normalized spacial score (nSPS) is 11.5. The van der Waals surface area contributed by atoms with Gasteiger partial charge in [-0.3, -0.25) is 4.98 Å². The van der Waals surface area contributed by atoms with Gasteiger partial charge in [0.15, 0.2) is 17.5 Å². The van der Waals surface area contributed by atoms with Crippen LogP contribution < -0.4 is 0 Å². The van der Waals surface area contributed by atoms with Crippen molar-refractivity contribution in [2.24, 2.45) is 0 Å². The summed E-state index contributed by atoms with van der Waals surface area (Å²) in [6, 6.07) is 59.7. The van der Waals surface area contributed by atoms with Gasteiger partial charge >= 0.3 is 0 Å². The van der Waals surface area contributed by atoms with E-state index in [0.717, 1.165) is 38.9 Å². The van der Waals surface area contributed by atoms with Crippen molar-refractivity contribution in [1.82, 2.24) is 19.9 Å². The molecule has 9 aromatic rings. The lowest BCUT2D eigenvalue weighted by molar-refractivity contribution is 1.07. The smallest absolute Gasteiger partial charge is 0.164 e. The first-order valence-electron chi connectivity index (χ1n) is 17.5. The van der Waals surface area contributed by atoms with Gasteiger partial charge in [-0.05, 0) is 72.5 Å². The predicted octanol–water partition coefficient (Wildman–Crippen LogP) is 12.1. The fourth-order valence-electron chi connectivity index (χ4n) is 7.41. The molecule has 0 radical (unpaired) electrons. The first-order chi connectivity index (χ1) is 25.8. The Labute approximate surface area is 301 Å². The first kappa shape index (κ1) is 29.8. The largest absolute Gasteiger partial charge is 0.264 e. The molecule has 0 spiro atoms. The Morgan fingerprint density at radius 3 is 1.29 bits per heavy atom. The molecule has 0 atom stereocenters. The molecule has 0 aliphatic heterocycles. The predicted molar refractivity (Wildman–Crippen MR) is 212 cm³/mol. The third kappa shape index (κ3) is 5.17. The van der Waals surface area contributed by atoms with E-state index in [1.165, 1.54) is 44.2 Å². The molecule has 0 unspecified atom stereocenters. The summed E-state index contributed by atoms with van der Waals surface area (Å²) in [5, 5.41) is 2.64. The fraction of sp³-hybridized carbons (Fsp3) is 0. The standard InChI is InChI=1S/C48H30N4/c1-2-8-35(9-3-1)46-50-47(52-48(51-46)37-25-19-33(20-26-37)38-10-7-29-49-30-38)36-23-17-32(18-24-36)31-15-21-34(22-16-31)39-27-28-44-41-12-5-4-11-40(41)43-14-6-13-42(39)45(43)44/h1-30H. The van der Waals surface area contributed by atoms with E-state index in [9.17, 15) is 0 Å². The molecule has 0 fully saturated rings. The summed E-state index contributed by atoms with van der Waals surface area (Å²) in [7, 11) is 0. The summed E-state index contributed by atoms with van der Waals surface area (Å²) in [4.78, 5) is 19.1. The molecule has 4 nitrogen and oxygen atoms in total. The van der Waals surface area contributed by atoms with Crippen molar-refractivity contribution < 1.29 is 0 Å². The van der Waals surface area contributed by atoms with Crippen LogP contribution >= 0.6 is 0 Å². The summed E-state index contributed by atoms with van der Waals surface area (Å²) in [6.45, 7) is 0. The lowest BCUT2D eigenvalue weighted by Gasteiger charge is -2.11. The van der Waals surface area contributed by atoms with Gasteiger partial charge in [0.05, 0.1) is 0 Å². The molecule has 0 saturated heterocycles. The van der Waals surface area contributed by atoms with Crippen molar-refractivity contribution in [2.45, 2.75) is 0 Å². The van der Waals surface area contributed by atoms with E-state index >= 15 is 0 Å². The van der Waals surface area contributed by atoms with Crippen molar-refractivity contribution in [2.75, 3.05) is 0 Å². The maximum Gasteiger partial charge on any atom is 0.164 e. The van der Waals surface area contributed by atoms with Gasteiger partial charge in [0, 0.05) is 29.1 Å². The minimum atomic E-state index is 0.633. The topological polar surface area (TPSA) is 51.6 Å². The number of fused-ring (bicyclic) bond motifs is 3. The van der Waals surface area contributed by atoms with E-state index in [-0.39, 0.29) is 0 Å². The van der Waals surface area contributed by atoms with E-state index < -0.39 is 0 Å². The van der Waals surface area contributed by atoms with E-state index in [2.05, 4.69) is 138 Å². The van der Waals surface area contributed by atoms with Gasteiger partial charge < -0.3 is 0 Å². The minimum Gasteiger partial charge on any atom is -0.264 e. The Morgan fingerprint density at radius 1 is 0.269 bits per heavy atom. The summed E-state index contributed by atoms with van der Waals surface area (Å²) < 4.78 is 0. The molecular weight excluding hydrogens is 633 g/mol. The van der Waals surface area contributed by atoms with Crippen LogP contribution in [0.15, 0.2) is 182 Å². The van der Waals surface area contributed by atoms with Crippen molar-refractivity contribution in [3.05, 3.63) is 182 Å². The number of rotatable bonds is 6. The summed E-state index contributed by atoms with van der Waals surface area (Å²) in [5.74, 6) is 1.91. The molecule has 1 aliphatic carbocycles. The zero-order chi connectivity index (χ0) is 34.4. The molecule has 10 rings (SSSR count). The van der Waals surface area contributed by atoms with Crippen molar-refractivity contribution >= 4 is 10.8 Å². The van der Waals surface area contributed by atoms with Gasteiger partial charge in [-0.2, -0.15) is 0 Å². The van der Waals surface area contributed by atoms with Crippen LogP contribution in [-0.2, 0) is 0 Å². The number of benzene rings is 7. The molecule has 0 N–H and O–H groups in total. The van der Waals surface area contributed by atoms with Crippen LogP contribution in [0.5, 0.6) is 0 Å². The Bertz CT molecular complexity index is 2710. The highest BCUT2D eigenvalue weighted by Crippen LogP contribution is 2.49. The van der Waals surface area contributed by atoms with Gasteiger partial charge in [-0.15, -0.1) is 0 Å². The average molecular weight is 663 g/mol. The first-order valence-corrected chi connectivity index (χ1v) is 17.5. The van der Waals surface area contributed by atoms with Gasteiger partial charge in [-0.1, -0.05) is 164 Å². The summed E-state index contributed by atoms with van der Waals surface area (Å²) in [6.07, 6.45) is 3.66. The monoisotopic (exact) mass is 662 g/mol. The third-order valence-corrected chi connectivity index (χ3v) is 10.0. The molecule has 242 valence electrons. The second kappa shape index (κ2) is 12.4. The molecule has 2 aromatic heterocycles. The van der Waals surface area contributed by atoms with Gasteiger partial charge in [0.1, 0.15) is 0 Å². The number of aromatic nitrogens is 4. The lowest BCUT2D eigenvalue weighted by atomic mass is 9.93. The van der Waals surface area contributed by atoms with E-state index in [0.29, 0.717) is 17.5 Å². The molecule has 0 bridgehead atoms. The summed E-state index contributed by atoms with van der Waals surface area (Å²) in [5.41, 5.74) is 15.0. The van der Waals surface area contributed by atoms with Crippen molar-refractivity contribution in [3.8, 4) is 89.8 Å². The van der Waals surface area contributed by atoms with Crippen LogP contribution in [0.1, 0.15) is 0 Å². The Morgan fingerprint density at radius 2 is 0.712 bits per heavy atom. The second-order valence-corrected chi connectivity index (χ2v) is 13.1. The zero-order valence-electron chi connectivity index (χ0n) is 28.1. The van der Waals surface area contributed by atoms with E-state index in [4.69, 9.17) is 15.0 Å². The van der Waals surface area contributed by atoms with Crippen molar-refractivity contribution in [1.29, 1.82) is 0 Å². The number of nitrogens with zero attached hydrogens (tertiary/aromatic N) is 4. The SMILES string of the molecule is c1ccc(-c2nc(-c3ccc(-c4ccc(-c5ccc6c7c(cccc57)-c5ccccc5-6)cc4)cc3)nc(-c3ccc(-c4cccnc4)cc3)n2)cc1. The highest BCUT2D eigenvalue weighted by molar-refractivity contribution is 6.18. The van der Waals surface area contributed by atoms with E-state index in [1.807, 2.05) is 42.6 Å². The zero-order valence-corrected chi connectivity index (χ0v) is 28.1. The van der Waals surface area contributed by atoms with Crippen LogP contribution in [0.2, 0.25) is 0 Å². The number of hydrogen-bond donors (Lipinski definition) is 0. The van der Waals surface area contributed by atoms with Gasteiger partial charge in [0.25, 0.3) is 0 Å². The van der Waals surface area contributed by atoms with Crippen molar-refractivity contribution in [3.63, 3.8) is 0 Å². The molecule has 2 heterocycles. The van der Waals surface area contributed by atoms with Crippen LogP contribution in [0.25, 0.3) is 101 Å². The van der Waals surface area contributed by atoms with Gasteiger partial charge in [-0.25, -0.2) is 15.0 Å². The quantitative estimate of drug-likeness (QED) is 0.178.